The van der Waals surface area contributed by atoms with E-state index in [1.54, 1.807) is 19.1 Å². The fourth-order valence-electron chi connectivity index (χ4n) is 2.18. The van der Waals surface area contributed by atoms with Crippen molar-refractivity contribution in [3.05, 3.63) is 29.8 Å². The van der Waals surface area contributed by atoms with Crippen LogP contribution in [-0.2, 0) is 11.2 Å². The van der Waals surface area contributed by atoms with Crippen molar-refractivity contribution in [2.75, 3.05) is 0 Å². The lowest BCUT2D eigenvalue weighted by Gasteiger charge is -2.38. The van der Waals surface area contributed by atoms with E-state index in [0.29, 0.717) is 18.6 Å². The van der Waals surface area contributed by atoms with Gasteiger partial charge in [-0.3, -0.25) is 0 Å². The molecular weight excluding hydrogens is 274 g/mol. The molecule has 21 heavy (non-hydrogen) atoms. The zero-order valence-electron chi connectivity index (χ0n) is 11.7. The maximum atomic E-state index is 9.86. The summed E-state index contributed by atoms with van der Waals surface area (Å²) in [7, 11) is 0. The fourth-order valence-corrected chi connectivity index (χ4v) is 2.18. The molecule has 3 unspecified atom stereocenters. The number of aryl methyl sites for hydroxylation is 1. The van der Waals surface area contributed by atoms with Crippen LogP contribution >= 0.6 is 0 Å². The van der Waals surface area contributed by atoms with Gasteiger partial charge in [0.15, 0.2) is 0 Å². The number of hydrogen-bond donors (Lipinski definition) is 3. The molecule has 3 N–H and O–H groups in total. The van der Waals surface area contributed by atoms with Crippen molar-refractivity contribution in [1.29, 1.82) is 5.26 Å². The highest BCUT2D eigenvalue weighted by molar-refractivity contribution is 5.27. The Bertz CT molecular complexity index is 498. The summed E-state index contributed by atoms with van der Waals surface area (Å²) in [4.78, 5) is 0. The van der Waals surface area contributed by atoms with E-state index in [-0.39, 0.29) is 0 Å². The van der Waals surface area contributed by atoms with Crippen LogP contribution in [0.4, 0.5) is 0 Å². The standard InChI is InChI=1S/C15H19NO5/c1-9-12(17)13(18)14(19)15(20-9)21-11-6-4-10(5-7-11)3-2-8-16/h4-7,9,12-15,17-19H,2-3H2,1H3/t9?,12-,13?,14?,15-/m0/s1. The quantitative estimate of drug-likeness (QED) is 0.740. The molecule has 0 radical (unpaired) electrons. The van der Waals surface area contributed by atoms with E-state index in [0.717, 1.165) is 5.56 Å². The second-order valence-electron chi connectivity index (χ2n) is 5.10. The molecule has 0 amide bonds. The summed E-state index contributed by atoms with van der Waals surface area (Å²) in [5.41, 5.74) is 1.01. The lowest BCUT2D eigenvalue weighted by Crippen LogP contribution is -2.58. The number of rotatable bonds is 4. The van der Waals surface area contributed by atoms with E-state index >= 15 is 0 Å². The van der Waals surface area contributed by atoms with Gasteiger partial charge in [0.25, 0.3) is 0 Å². The van der Waals surface area contributed by atoms with E-state index in [9.17, 15) is 15.3 Å². The highest BCUT2D eigenvalue weighted by Crippen LogP contribution is 2.24. The molecule has 6 heteroatoms. The van der Waals surface area contributed by atoms with Crippen LogP contribution in [0.25, 0.3) is 0 Å². The van der Waals surface area contributed by atoms with Gasteiger partial charge in [0.1, 0.15) is 24.1 Å². The van der Waals surface area contributed by atoms with Crippen molar-refractivity contribution in [3.8, 4) is 11.8 Å². The molecule has 1 aliphatic rings. The van der Waals surface area contributed by atoms with Crippen LogP contribution < -0.4 is 4.74 Å². The summed E-state index contributed by atoms with van der Waals surface area (Å²) < 4.78 is 10.9. The predicted molar refractivity (Wildman–Crippen MR) is 73.4 cm³/mol. The minimum Gasteiger partial charge on any atom is -0.462 e. The SMILES string of the molecule is CC1O[C@@H](Oc2ccc(CCC#N)cc2)C(O)C(O)[C@H]1O. The molecule has 0 spiro atoms. The summed E-state index contributed by atoms with van der Waals surface area (Å²) in [6.07, 6.45) is -4.34. The lowest BCUT2D eigenvalue weighted by atomic mass is 10.00. The third kappa shape index (κ3) is 3.71. The van der Waals surface area contributed by atoms with E-state index < -0.39 is 30.7 Å². The number of hydrogen-bond acceptors (Lipinski definition) is 6. The van der Waals surface area contributed by atoms with Crippen LogP contribution in [0.15, 0.2) is 24.3 Å². The number of aliphatic hydroxyl groups is 3. The summed E-state index contributed by atoms with van der Waals surface area (Å²) >= 11 is 0. The Labute approximate surface area is 123 Å². The van der Waals surface area contributed by atoms with Crippen molar-refractivity contribution < 1.29 is 24.8 Å². The van der Waals surface area contributed by atoms with Gasteiger partial charge in [-0.15, -0.1) is 0 Å². The molecule has 6 nitrogen and oxygen atoms in total. The van der Waals surface area contributed by atoms with Gasteiger partial charge < -0.3 is 24.8 Å². The van der Waals surface area contributed by atoms with Crippen LogP contribution in [0.1, 0.15) is 18.9 Å². The Balaban J connectivity index is 1.99. The molecule has 0 saturated carbocycles. The maximum Gasteiger partial charge on any atom is 0.229 e. The lowest BCUT2D eigenvalue weighted by molar-refractivity contribution is -0.268. The van der Waals surface area contributed by atoms with Gasteiger partial charge in [-0.25, -0.2) is 0 Å². The minimum absolute atomic E-state index is 0.451. The third-order valence-electron chi connectivity index (χ3n) is 3.51. The Morgan fingerprint density at radius 2 is 1.81 bits per heavy atom. The average molecular weight is 293 g/mol. The van der Waals surface area contributed by atoms with Crippen LogP contribution in [-0.4, -0.2) is 46.0 Å². The zero-order chi connectivity index (χ0) is 15.4. The molecule has 114 valence electrons. The fraction of sp³-hybridized carbons (Fsp3) is 0.533. The molecule has 1 fully saturated rings. The van der Waals surface area contributed by atoms with Crippen molar-refractivity contribution in [1.82, 2.24) is 0 Å². The van der Waals surface area contributed by atoms with E-state index in [1.165, 1.54) is 0 Å². The monoisotopic (exact) mass is 293 g/mol. The van der Waals surface area contributed by atoms with Crippen LogP contribution in [0.3, 0.4) is 0 Å². The predicted octanol–water partition coefficient (Wildman–Crippen LogP) is 0.349. The van der Waals surface area contributed by atoms with Crippen molar-refractivity contribution in [2.45, 2.75) is 50.5 Å². The summed E-state index contributed by atoms with van der Waals surface area (Å²) in [5, 5.41) is 37.7. The van der Waals surface area contributed by atoms with Gasteiger partial charge in [0.2, 0.25) is 6.29 Å². The molecular formula is C15H19NO5. The number of benzene rings is 1. The second kappa shape index (κ2) is 6.87. The highest BCUT2D eigenvalue weighted by atomic mass is 16.7. The van der Waals surface area contributed by atoms with E-state index in [1.807, 2.05) is 12.1 Å². The number of nitriles is 1. The first kappa shape index (κ1) is 15.7. The van der Waals surface area contributed by atoms with E-state index in [2.05, 4.69) is 6.07 Å². The highest BCUT2D eigenvalue weighted by Gasteiger charge is 2.43. The van der Waals surface area contributed by atoms with Gasteiger partial charge in [0.05, 0.1) is 12.2 Å². The van der Waals surface area contributed by atoms with Crippen molar-refractivity contribution in [2.24, 2.45) is 0 Å². The second-order valence-corrected chi connectivity index (χ2v) is 5.10. The maximum absolute atomic E-state index is 9.86. The molecule has 1 aromatic rings. The van der Waals surface area contributed by atoms with Gasteiger partial charge >= 0.3 is 0 Å². The van der Waals surface area contributed by atoms with Crippen molar-refractivity contribution in [3.63, 3.8) is 0 Å². The molecule has 0 aromatic heterocycles. The van der Waals surface area contributed by atoms with Gasteiger partial charge in [0, 0.05) is 6.42 Å². The average Bonchev–Trinajstić information content (AvgIpc) is 2.50. The minimum atomic E-state index is -1.32. The first-order chi connectivity index (χ1) is 10.0. The smallest absolute Gasteiger partial charge is 0.229 e. The topological polar surface area (TPSA) is 103 Å². The third-order valence-corrected chi connectivity index (χ3v) is 3.51. The Kier molecular flexibility index (Phi) is 5.15. The summed E-state index contributed by atoms with van der Waals surface area (Å²) in [6, 6.07) is 9.17. The van der Waals surface area contributed by atoms with E-state index in [4.69, 9.17) is 14.7 Å². The largest absolute Gasteiger partial charge is 0.462 e. The van der Waals surface area contributed by atoms with Crippen molar-refractivity contribution >= 4 is 0 Å². The molecule has 0 aliphatic carbocycles. The first-order valence-electron chi connectivity index (χ1n) is 6.85. The summed E-state index contributed by atoms with van der Waals surface area (Å²) in [5.74, 6) is 0.482. The molecule has 1 aromatic carbocycles. The Hall–Kier alpha value is -1.65. The Morgan fingerprint density at radius 1 is 1.14 bits per heavy atom. The molecule has 0 bridgehead atoms. The molecule has 1 saturated heterocycles. The molecule has 1 aliphatic heterocycles. The van der Waals surface area contributed by atoms with Gasteiger partial charge in [-0.2, -0.15) is 5.26 Å². The molecule has 2 rings (SSSR count). The number of nitrogens with zero attached hydrogens (tertiary/aromatic N) is 1. The normalized spacial score (nSPS) is 32.4. The number of ether oxygens (including phenoxy) is 2. The van der Waals surface area contributed by atoms with Crippen LogP contribution in [0.2, 0.25) is 0 Å². The van der Waals surface area contributed by atoms with Crippen LogP contribution in [0, 0.1) is 11.3 Å². The zero-order valence-corrected chi connectivity index (χ0v) is 11.7. The Morgan fingerprint density at radius 3 is 2.43 bits per heavy atom. The summed E-state index contributed by atoms with van der Waals surface area (Å²) in [6.45, 7) is 1.60. The van der Waals surface area contributed by atoms with Gasteiger partial charge in [-0.1, -0.05) is 12.1 Å². The molecule has 5 atom stereocenters. The van der Waals surface area contributed by atoms with Crippen LogP contribution in [0.5, 0.6) is 5.75 Å². The number of aliphatic hydroxyl groups excluding tert-OH is 3. The molecule has 1 heterocycles. The van der Waals surface area contributed by atoms with Gasteiger partial charge in [-0.05, 0) is 31.0 Å². The first-order valence-corrected chi connectivity index (χ1v) is 6.85.